The van der Waals surface area contributed by atoms with E-state index in [1.165, 1.54) is 12.1 Å². The molecule has 0 heterocycles. The van der Waals surface area contributed by atoms with Crippen molar-refractivity contribution in [2.24, 2.45) is 0 Å². The van der Waals surface area contributed by atoms with Crippen LogP contribution in [0.4, 0.5) is 0 Å². The zero-order valence-electron chi connectivity index (χ0n) is 10.5. The highest BCUT2D eigenvalue weighted by molar-refractivity contribution is 9.10. The molecule has 0 amide bonds. The summed E-state index contributed by atoms with van der Waals surface area (Å²) >= 11 is 3.28. The molecular formula is C14H10BrNO3S. The topological polar surface area (TPSA) is 67.2 Å². The van der Waals surface area contributed by atoms with Gasteiger partial charge in [0.2, 0.25) is 0 Å². The lowest BCUT2D eigenvalue weighted by molar-refractivity contribution is 0.482. The number of hydrogen-bond acceptors (Lipinski definition) is 4. The molecule has 102 valence electrons. The van der Waals surface area contributed by atoms with Crippen molar-refractivity contribution in [3.05, 3.63) is 52.5 Å². The van der Waals surface area contributed by atoms with E-state index in [4.69, 9.17) is 10.00 Å². The Labute approximate surface area is 125 Å². The van der Waals surface area contributed by atoms with Crippen molar-refractivity contribution in [3.63, 3.8) is 0 Å². The third-order valence-electron chi connectivity index (χ3n) is 2.55. The van der Waals surface area contributed by atoms with Crippen LogP contribution in [0.3, 0.4) is 0 Å². The number of hydrogen-bond donors (Lipinski definition) is 0. The maximum absolute atomic E-state index is 11.3. The largest absolute Gasteiger partial charge is 0.457 e. The molecule has 0 aliphatic rings. The monoisotopic (exact) mass is 351 g/mol. The Balaban J connectivity index is 2.23. The summed E-state index contributed by atoms with van der Waals surface area (Å²) in [6, 6.07) is 13.2. The number of ether oxygens (including phenoxy) is 1. The van der Waals surface area contributed by atoms with Crippen molar-refractivity contribution in [2.75, 3.05) is 6.26 Å². The lowest BCUT2D eigenvalue weighted by Crippen LogP contribution is -1.96. The summed E-state index contributed by atoms with van der Waals surface area (Å²) in [4.78, 5) is 0.242. The summed E-state index contributed by atoms with van der Waals surface area (Å²) in [5.74, 6) is 1.08. The van der Waals surface area contributed by atoms with Crippen LogP contribution < -0.4 is 4.74 Å². The van der Waals surface area contributed by atoms with Crippen LogP contribution in [-0.4, -0.2) is 14.7 Å². The van der Waals surface area contributed by atoms with E-state index in [9.17, 15) is 8.42 Å². The molecule has 0 bridgehead atoms. The number of rotatable bonds is 3. The van der Waals surface area contributed by atoms with E-state index in [0.29, 0.717) is 21.5 Å². The Morgan fingerprint density at radius 3 is 2.20 bits per heavy atom. The molecule has 0 aliphatic heterocycles. The second-order valence-electron chi connectivity index (χ2n) is 4.10. The summed E-state index contributed by atoms with van der Waals surface area (Å²) in [6.45, 7) is 0. The fourth-order valence-electron chi connectivity index (χ4n) is 1.54. The number of nitriles is 1. The van der Waals surface area contributed by atoms with E-state index < -0.39 is 9.84 Å². The molecule has 0 fully saturated rings. The van der Waals surface area contributed by atoms with Crippen LogP contribution >= 0.6 is 15.9 Å². The van der Waals surface area contributed by atoms with Gasteiger partial charge in [0.1, 0.15) is 17.6 Å². The Morgan fingerprint density at radius 2 is 1.70 bits per heavy atom. The van der Waals surface area contributed by atoms with Crippen LogP contribution in [0.1, 0.15) is 5.56 Å². The molecular weight excluding hydrogens is 342 g/mol. The summed E-state index contributed by atoms with van der Waals surface area (Å²) in [5.41, 5.74) is 0.518. The predicted molar refractivity (Wildman–Crippen MR) is 78.5 cm³/mol. The molecule has 0 radical (unpaired) electrons. The molecule has 20 heavy (non-hydrogen) atoms. The zero-order valence-corrected chi connectivity index (χ0v) is 12.9. The van der Waals surface area contributed by atoms with Gasteiger partial charge in [-0.25, -0.2) is 8.42 Å². The molecule has 0 saturated heterocycles. The Kier molecular flexibility index (Phi) is 4.12. The van der Waals surface area contributed by atoms with Crippen LogP contribution in [0, 0.1) is 11.3 Å². The summed E-state index contributed by atoms with van der Waals surface area (Å²) in [7, 11) is -3.21. The van der Waals surface area contributed by atoms with Crippen molar-refractivity contribution in [3.8, 4) is 17.6 Å². The molecule has 0 spiro atoms. The van der Waals surface area contributed by atoms with Gasteiger partial charge in [-0.3, -0.25) is 0 Å². The highest BCUT2D eigenvalue weighted by Gasteiger charge is 2.07. The van der Waals surface area contributed by atoms with Crippen LogP contribution in [-0.2, 0) is 9.84 Å². The highest BCUT2D eigenvalue weighted by Crippen LogP contribution is 2.27. The van der Waals surface area contributed by atoms with E-state index in [1.807, 2.05) is 6.07 Å². The molecule has 0 aromatic heterocycles. The lowest BCUT2D eigenvalue weighted by atomic mass is 10.2. The third kappa shape index (κ3) is 3.38. The van der Waals surface area contributed by atoms with Crippen molar-refractivity contribution in [1.29, 1.82) is 5.26 Å². The first-order valence-corrected chi connectivity index (χ1v) is 8.26. The number of benzene rings is 2. The van der Waals surface area contributed by atoms with Crippen LogP contribution in [0.15, 0.2) is 51.8 Å². The minimum atomic E-state index is -3.21. The standard InChI is InChI=1S/C14H10BrNO3S/c1-20(17,18)13-6-4-11(5-7-13)19-12-3-2-10(9-16)14(15)8-12/h2-8H,1H3. The number of sulfone groups is 1. The van der Waals surface area contributed by atoms with Crippen LogP contribution in [0.5, 0.6) is 11.5 Å². The van der Waals surface area contributed by atoms with Gasteiger partial charge in [-0.05, 0) is 58.4 Å². The molecule has 0 saturated carbocycles. The maximum atomic E-state index is 11.3. The second-order valence-corrected chi connectivity index (χ2v) is 6.97. The van der Waals surface area contributed by atoms with E-state index in [-0.39, 0.29) is 4.90 Å². The summed E-state index contributed by atoms with van der Waals surface area (Å²) in [5, 5.41) is 8.83. The fourth-order valence-corrected chi connectivity index (χ4v) is 2.62. The Bertz CT molecular complexity index is 777. The minimum Gasteiger partial charge on any atom is -0.457 e. The van der Waals surface area contributed by atoms with Crippen molar-refractivity contribution >= 4 is 25.8 Å². The van der Waals surface area contributed by atoms with Crippen molar-refractivity contribution in [1.82, 2.24) is 0 Å². The molecule has 0 unspecified atom stereocenters. The van der Waals surface area contributed by atoms with E-state index >= 15 is 0 Å². The average Bonchev–Trinajstić information content (AvgIpc) is 2.38. The van der Waals surface area contributed by atoms with Gasteiger partial charge in [0, 0.05) is 10.7 Å². The van der Waals surface area contributed by atoms with E-state index in [2.05, 4.69) is 15.9 Å². The van der Waals surface area contributed by atoms with Crippen molar-refractivity contribution in [2.45, 2.75) is 4.90 Å². The summed E-state index contributed by atoms with van der Waals surface area (Å²) < 4.78 is 28.9. The molecule has 6 heteroatoms. The van der Waals surface area contributed by atoms with Crippen molar-refractivity contribution < 1.29 is 13.2 Å². The van der Waals surface area contributed by atoms with Gasteiger partial charge in [-0.2, -0.15) is 5.26 Å². The summed E-state index contributed by atoms with van der Waals surface area (Å²) in [6.07, 6.45) is 1.15. The van der Waals surface area contributed by atoms with Gasteiger partial charge in [0.05, 0.1) is 10.5 Å². The van der Waals surface area contributed by atoms with Gasteiger partial charge in [-0.15, -0.1) is 0 Å². The molecule has 2 aromatic carbocycles. The fraction of sp³-hybridized carbons (Fsp3) is 0.0714. The lowest BCUT2D eigenvalue weighted by Gasteiger charge is -2.07. The smallest absolute Gasteiger partial charge is 0.175 e. The first kappa shape index (κ1) is 14.6. The van der Waals surface area contributed by atoms with Crippen LogP contribution in [0.25, 0.3) is 0 Å². The molecule has 0 N–H and O–H groups in total. The highest BCUT2D eigenvalue weighted by atomic mass is 79.9. The first-order valence-electron chi connectivity index (χ1n) is 5.58. The van der Waals surface area contributed by atoms with Crippen LogP contribution in [0.2, 0.25) is 0 Å². The van der Waals surface area contributed by atoms with Gasteiger partial charge in [-0.1, -0.05) is 0 Å². The van der Waals surface area contributed by atoms with Gasteiger partial charge < -0.3 is 4.74 Å². The normalized spacial score (nSPS) is 10.8. The first-order chi connectivity index (χ1) is 9.40. The Morgan fingerprint density at radius 1 is 1.10 bits per heavy atom. The predicted octanol–water partition coefficient (Wildman–Crippen LogP) is 3.52. The molecule has 0 aliphatic carbocycles. The molecule has 2 rings (SSSR count). The van der Waals surface area contributed by atoms with E-state index in [1.54, 1.807) is 30.3 Å². The molecule has 2 aromatic rings. The van der Waals surface area contributed by atoms with Gasteiger partial charge >= 0.3 is 0 Å². The second kappa shape index (κ2) is 5.65. The maximum Gasteiger partial charge on any atom is 0.175 e. The van der Waals surface area contributed by atoms with E-state index in [0.717, 1.165) is 6.26 Å². The minimum absolute atomic E-state index is 0.242. The Hall–Kier alpha value is -1.84. The number of nitrogens with zero attached hydrogens (tertiary/aromatic N) is 1. The van der Waals surface area contributed by atoms with Gasteiger partial charge in [0.15, 0.2) is 9.84 Å². The SMILES string of the molecule is CS(=O)(=O)c1ccc(Oc2ccc(C#N)c(Br)c2)cc1. The zero-order chi connectivity index (χ0) is 14.8. The average molecular weight is 352 g/mol. The quantitative estimate of drug-likeness (QED) is 0.848. The molecule has 4 nitrogen and oxygen atoms in total. The molecule has 0 atom stereocenters. The third-order valence-corrected chi connectivity index (χ3v) is 4.33. The van der Waals surface area contributed by atoms with Gasteiger partial charge in [0.25, 0.3) is 0 Å². The number of halogens is 1.